The van der Waals surface area contributed by atoms with E-state index < -0.39 is 0 Å². The minimum Gasteiger partial charge on any atom is -0.494 e. The Balaban J connectivity index is 2.38. The van der Waals surface area contributed by atoms with Crippen molar-refractivity contribution in [3.8, 4) is 11.5 Å². The van der Waals surface area contributed by atoms with Crippen LogP contribution in [-0.4, -0.2) is 14.2 Å². The lowest BCUT2D eigenvalue weighted by atomic mass is 10.2. The molecule has 0 fully saturated rings. The van der Waals surface area contributed by atoms with E-state index in [0.717, 1.165) is 5.69 Å². The molecule has 0 aliphatic carbocycles. The molecular formula is C15H17N4O2+. The van der Waals surface area contributed by atoms with Gasteiger partial charge in [0.1, 0.15) is 11.4 Å². The van der Waals surface area contributed by atoms with Gasteiger partial charge in [0.2, 0.25) is 0 Å². The van der Waals surface area contributed by atoms with Crippen molar-refractivity contribution in [3.63, 3.8) is 0 Å². The highest BCUT2D eigenvalue weighted by Crippen LogP contribution is 2.39. The van der Waals surface area contributed by atoms with Crippen molar-refractivity contribution in [2.75, 3.05) is 14.2 Å². The number of nitrogens with zero attached hydrogens (tertiary/aromatic N) is 3. The molecule has 108 valence electrons. The van der Waals surface area contributed by atoms with E-state index in [-0.39, 0.29) is 0 Å². The molecule has 0 aromatic heterocycles. The zero-order valence-electron chi connectivity index (χ0n) is 12.2. The lowest BCUT2D eigenvalue weighted by Gasteiger charge is -2.07. The smallest absolute Gasteiger partial charge is 0.175 e. The standard InChI is InChI=1S/C15H16N4O2/c1-10-4-6-11(7-5-10)18-19-13-9-14(20-2)12(17-16)8-15(13)21-3/h4-9,16H,1-3H3/p+1. The second-order valence-electron chi connectivity index (χ2n) is 4.36. The minimum absolute atomic E-state index is 0.489. The van der Waals surface area contributed by atoms with Crippen LogP contribution in [0.25, 0.3) is 0 Å². The highest BCUT2D eigenvalue weighted by atomic mass is 16.5. The van der Waals surface area contributed by atoms with E-state index in [4.69, 9.17) is 15.0 Å². The molecule has 0 radical (unpaired) electrons. The summed E-state index contributed by atoms with van der Waals surface area (Å²) in [4.78, 5) is 0. The van der Waals surface area contributed by atoms with Crippen molar-refractivity contribution in [3.05, 3.63) is 42.0 Å². The number of methoxy groups -OCH3 is 2. The van der Waals surface area contributed by atoms with E-state index in [1.54, 1.807) is 19.2 Å². The van der Waals surface area contributed by atoms with Crippen LogP contribution in [0.1, 0.15) is 5.56 Å². The second kappa shape index (κ2) is 6.60. The van der Waals surface area contributed by atoms with E-state index in [1.165, 1.54) is 12.7 Å². The number of benzene rings is 2. The van der Waals surface area contributed by atoms with Gasteiger partial charge in [-0.3, -0.25) is 0 Å². The Morgan fingerprint density at radius 2 is 1.43 bits per heavy atom. The zero-order chi connectivity index (χ0) is 15.2. The monoisotopic (exact) mass is 285 g/mol. The fourth-order valence-electron chi connectivity index (χ4n) is 1.77. The highest BCUT2D eigenvalue weighted by Gasteiger charge is 2.12. The van der Waals surface area contributed by atoms with Gasteiger partial charge in [-0.05, 0) is 24.2 Å². The highest BCUT2D eigenvalue weighted by molar-refractivity contribution is 5.66. The molecule has 21 heavy (non-hydrogen) atoms. The van der Waals surface area contributed by atoms with Gasteiger partial charge in [0.05, 0.1) is 19.9 Å². The van der Waals surface area contributed by atoms with Crippen molar-refractivity contribution >= 4 is 17.1 Å². The Morgan fingerprint density at radius 1 is 0.857 bits per heavy atom. The van der Waals surface area contributed by atoms with Crippen molar-refractivity contribution < 1.29 is 15.0 Å². The SMILES string of the molecule is COc1cc(N=Nc2ccc(C)cc2)c(OC)cc1N=[NH2+]. The summed E-state index contributed by atoms with van der Waals surface area (Å²) in [6.45, 7) is 2.02. The summed E-state index contributed by atoms with van der Waals surface area (Å²) in [5.74, 6) is 1.03. The van der Waals surface area contributed by atoms with Gasteiger partial charge in [0.15, 0.2) is 11.4 Å². The summed E-state index contributed by atoms with van der Waals surface area (Å²) in [5.41, 5.74) is 8.27. The first-order valence-electron chi connectivity index (χ1n) is 6.33. The first kappa shape index (κ1) is 14.6. The lowest BCUT2D eigenvalue weighted by molar-refractivity contribution is -0.210. The van der Waals surface area contributed by atoms with Crippen molar-refractivity contribution in [2.45, 2.75) is 6.92 Å². The number of hydrogen-bond donors (Lipinski definition) is 1. The summed E-state index contributed by atoms with van der Waals surface area (Å²) < 4.78 is 10.5. The molecule has 2 aromatic carbocycles. The molecule has 6 heteroatoms. The number of azo groups is 1. The van der Waals surface area contributed by atoms with Gasteiger partial charge in [0, 0.05) is 12.1 Å². The van der Waals surface area contributed by atoms with Gasteiger partial charge in [-0.15, -0.1) is 5.11 Å². The van der Waals surface area contributed by atoms with Crippen LogP contribution < -0.4 is 15.0 Å². The van der Waals surface area contributed by atoms with Crippen molar-refractivity contribution in [1.29, 1.82) is 0 Å². The van der Waals surface area contributed by atoms with E-state index in [0.29, 0.717) is 22.9 Å². The van der Waals surface area contributed by atoms with E-state index in [1.807, 2.05) is 31.2 Å². The van der Waals surface area contributed by atoms with E-state index in [9.17, 15) is 0 Å². The first-order chi connectivity index (χ1) is 10.2. The average Bonchev–Trinajstić information content (AvgIpc) is 2.53. The largest absolute Gasteiger partial charge is 0.494 e. The second-order valence-corrected chi connectivity index (χ2v) is 4.36. The van der Waals surface area contributed by atoms with Crippen molar-refractivity contribution in [1.82, 2.24) is 0 Å². The van der Waals surface area contributed by atoms with Crippen LogP contribution in [0.4, 0.5) is 17.1 Å². The van der Waals surface area contributed by atoms with Gasteiger partial charge >= 0.3 is 0 Å². The van der Waals surface area contributed by atoms with E-state index >= 15 is 0 Å². The molecule has 0 aliphatic heterocycles. The Labute approximate surface area is 122 Å². The van der Waals surface area contributed by atoms with Gasteiger partial charge in [0.25, 0.3) is 0 Å². The molecule has 2 N–H and O–H groups in total. The molecule has 0 saturated heterocycles. The van der Waals surface area contributed by atoms with Crippen LogP contribution in [0.5, 0.6) is 11.5 Å². The fourth-order valence-corrected chi connectivity index (χ4v) is 1.77. The summed E-state index contributed by atoms with van der Waals surface area (Å²) >= 11 is 0. The van der Waals surface area contributed by atoms with Crippen LogP contribution in [0.3, 0.4) is 0 Å². The third kappa shape index (κ3) is 3.42. The van der Waals surface area contributed by atoms with Crippen LogP contribution in [0, 0.1) is 6.92 Å². The number of hydrogen-bond acceptors (Lipinski definition) is 5. The lowest BCUT2D eigenvalue weighted by Crippen LogP contribution is -2.22. The van der Waals surface area contributed by atoms with Crippen LogP contribution in [0.15, 0.2) is 51.7 Å². The number of aryl methyl sites for hydroxylation is 1. The Bertz CT molecular complexity index is 666. The number of nitrogens with two attached hydrogens (primary N) is 1. The first-order valence-corrected chi connectivity index (χ1v) is 6.33. The third-order valence-corrected chi connectivity index (χ3v) is 2.93. The topological polar surface area (TPSA) is 81.1 Å². The van der Waals surface area contributed by atoms with Crippen molar-refractivity contribution in [2.24, 2.45) is 15.3 Å². The Kier molecular flexibility index (Phi) is 4.61. The molecule has 0 aliphatic rings. The average molecular weight is 285 g/mol. The number of ether oxygens (including phenoxy) is 2. The quantitative estimate of drug-likeness (QED) is 0.855. The minimum atomic E-state index is 0.489. The third-order valence-electron chi connectivity index (χ3n) is 2.93. The Hall–Kier alpha value is -2.76. The van der Waals surface area contributed by atoms with Gasteiger partial charge < -0.3 is 9.47 Å². The predicted octanol–water partition coefficient (Wildman–Crippen LogP) is 3.27. The molecule has 0 amide bonds. The fraction of sp³-hybridized carbons (Fsp3) is 0.200. The van der Waals surface area contributed by atoms with Crippen LogP contribution in [-0.2, 0) is 0 Å². The molecular weight excluding hydrogens is 268 g/mol. The molecule has 0 saturated carbocycles. The molecule has 0 atom stereocenters. The molecule has 0 heterocycles. The molecule has 0 unspecified atom stereocenters. The van der Waals surface area contributed by atoms with Gasteiger partial charge in [-0.25, -0.2) is 0 Å². The summed E-state index contributed by atoms with van der Waals surface area (Å²) in [6.07, 6.45) is 0. The predicted molar refractivity (Wildman–Crippen MR) is 78.9 cm³/mol. The molecule has 0 spiro atoms. The Morgan fingerprint density at radius 3 is 2.00 bits per heavy atom. The number of rotatable bonds is 5. The van der Waals surface area contributed by atoms with E-state index in [2.05, 4.69) is 15.3 Å². The molecule has 2 rings (SSSR count). The summed E-state index contributed by atoms with van der Waals surface area (Å²) in [7, 11) is 3.09. The maximum atomic E-state index is 5.31. The zero-order valence-corrected chi connectivity index (χ0v) is 12.2. The normalized spacial score (nSPS) is 10.6. The van der Waals surface area contributed by atoms with Gasteiger partial charge in [-0.1, -0.05) is 17.7 Å². The van der Waals surface area contributed by atoms with Gasteiger partial charge in [-0.2, -0.15) is 10.6 Å². The summed E-state index contributed by atoms with van der Waals surface area (Å²) in [6, 6.07) is 11.1. The van der Waals surface area contributed by atoms with Crippen LogP contribution in [0.2, 0.25) is 0 Å². The maximum absolute atomic E-state index is 5.31. The maximum Gasteiger partial charge on any atom is 0.175 e. The summed E-state index contributed by atoms with van der Waals surface area (Å²) in [5, 5.41) is 12.0. The molecule has 2 aromatic rings. The van der Waals surface area contributed by atoms with Crippen LogP contribution >= 0.6 is 0 Å². The molecule has 6 nitrogen and oxygen atoms in total. The molecule has 0 bridgehead atoms.